The molecule has 0 bridgehead atoms. The first-order valence-electron chi connectivity index (χ1n) is 9.30. The normalized spacial score (nSPS) is 23.1. The molecule has 0 spiro atoms. The fraction of sp³-hybridized carbons (Fsp3) is 0.474. The van der Waals surface area contributed by atoms with Crippen molar-refractivity contribution in [2.45, 2.75) is 31.0 Å². The van der Waals surface area contributed by atoms with Gasteiger partial charge in [-0.05, 0) is 25.0 Å². The maximum atomic E-state index is 13.3. The second kappa shape index (κ2) is 6.59. The SMILES string of the molecule is FC(F)(F)c1c[nH]c2ncc(-c3cc([C@H]4CCOC4)n([C@H]4CCOC4)n3)cc12. The minimum atomic E-state index is -4.44. The molecule has 2 fully saturated rings. The molecular formula is C19H19F3N4O2. The Balaban J connectivity index is 1.59. The van der Waals surface area contributed by atoms with Gasteiger partial charge in [-0.2, -0.15) is 18.3 Å². The molecule has 0 radical (unpaired) electrons. The van der Waals surface area contributed by atoms with Crippen molar-refractivity contribution >= 4 is 11.0 Å². The Hall–Kier alpha value is -2.39. The number of fused-ring (bicyclic) bond motifs is 1. The van der Waals surface area contributed by atoms with Crippen molar-refractivity contribution < 1.29 is 22.6 Å². The van der Waals surface area contributed by atoms with Crippen molar-refractivity contribution in [3.05, 3.63) is 35.8 Å². The van der Waals surface area contributed by atoms with Gasteiger partial charge in [0.15, 0.2) is 0 Å². The Labute approximate surface area is 158 Å². The van der Waals surface area contributed by atoms with Gasteiger partial charge >= 0.3 is 6.18 Å². The molecule has 5 rings (SSSR count). The van der Waals surface area contributed by atoms with E-state index in [1.54, 1.807) is 6.20 Å². The lowest BCUT2D eigenvalue weighted by Crippen LogP contribution is -2.16. The molecule has 9 heteroatoms. The lowest BCUT2D eigenvalue weighted by molar-refractivity contribution is -0.136. The van der Waals surface area contributed by atoms with Crippen LogP contribution in [-0.4, -0.2) is 46.2 Å². The highest BCUT2D eigenvalue weighted by molar-refractivity contribution is 5.84. The van der Waals surface area contributed by atoms with Crippen LogP contribution in [0.4, 0.5) is 13.2 Å². The molecule has 2 saturated heterocycles. The Bertz CT molecular complexity index is 965. The summed E-state index contributed by atoms with van der Waals surface area (Å²) in [6, 6.07) is 3.61. The van der Waals surface area contributed by atoms with E-state index < -0.39 is 11.7 Å². The second-order valence-corrected chi connectivity index (χ2v) is 7.30. The van der Waals surface area contributed by atoms with Gasteiger partial charge in [0.1, 0.15) is 5.65 Å². The minimum Gasteiger partial charge on any atom is -0.381 e. The standard InChI is InChI=1S/C19H19F3N4O2/c20-19(21,22)15-8-24-18-14(15)5-12(7-23-18)16-6-17(11-1-3-27-9-11)26(25-16)13-2-4-28-10-13/h5-8,11,13H,1-4,9-10H2,(H,23,24)/t11-,13-/m0/s1. The predicted molar refractivity (Wildman–Crippen MR) is 95.0 cm³/mol. The maximum Gasteiger partial charge on any atom is 0.418 e. The quantitative estimate of drug-likeness (QED) is 0.734. The van der Waals surface area contributed by atoms with E-state index in [9.17, 15) is 13.2 Å². The molecule has 0 aromatic carbocycles. The number of H-pyrrole nitrogens is 1. The molecule has 2 aliphatic heterocycles. The first kappa shape index (κ1) is 17.7. The van der Waals surface area contributed by atoms with Crippen LogP contribution >= 0.6 is 0 Å². The maximum absolute atomic E-state index is 13.3. The lowest BCUT2D eigenvalue weighted by atomic mass is 10.0. The topological polar surface area (TPSA) is 65.0 Å². The summed E-state index contributed by atoms with van der Waals surface area (Å²) in [5.41, 5.74) is 1.73. The first-order valence-corrected chi connectivity index (χ1v) is 9.30. The van der Waals surface area contributed by atoms with Crippen molar-refractivity contribution in [1.29, 1.82) is 0 Å². The van der Waals surface area contributed by atoms with E-state index in [4.69, 9.17) is 14.6 Å². The highest BCUT2D eigenvalue weighted by Gasteiger charge is 2.34. The number of ether oxygens (including phenoxy) is 2. The van der Waals surface area contributed by atoms with Crippen molar-refractivity contribution in [3.8, 4) is 11.3 Å². The molecule has 28 heavy (non-hydrogen) atoms. The zero-order chi connectivity index (χ0) is 19.3. The number of nitrogens with zero attached hydrogens (tertiary/aromatic N) is 3. The molecule has 1 N–H and O–H groups in total. The van der Waals surface area contributed by atoms with E-state index in [1.807, 2.05) is 10.7 Å². The summed E-state index contributed by atoms with van der Waals surface area (Å²) in [4.78, 5) is 6.76. The van der Waals surface area contributed by atoms with Crippen molar-refractivity contribution in [1.82, 2.24) is 19.7 Å². The molecule has 0 unspecified atom stereocenters. The Morgan fingerprint density at radius 2 is 1.93 bits per heavy atom. The lowest BCUT2D eigenvalue weighted by Gasteiger charge is -2.16. The van der Waals surface area contributed by atoms with Crippen molar-refractivity contribution in [3.63, 3.8) is 0 Å². The number of hydrogen-bond donors (Lipinski definition) is 1. The number of halogens is 3. The van der Waals surface area contributed by atoms with Gasteiger partial charge in [0.2, 0.25) is 0 Å². The zero-order valence-electron chi connectivity index (χ0n) is 15.0. The molecular weight excluding hydrogens is 373 g/mol. The minimum absolute atomic E-state index is 0.0505. The van der Waals surface area contributed by atoms with Gasteiger partial charge in [-0.25, -0.2) is 4.98 Å². The molecule has 6 nitrogen and oxygen atoms in total. The van der Waals surface area contributed by atoms with Crippen LogP contribution in [0.1, 0.15) is 36.1 Å². The van der Waals surface area contributed by atoms with Crippen LogP contribution in [0.2, 0.25) is 0 Å². The molecule has 0 amide bonds. The number of aromatic nitrogens is 4. The van der Waals surface area contributed by atoms with Gasteiger partial charge in [0.05, 0.1) is 30.5 Å². The van der Waals surface area contributed by atoms with Gasteiger partial charge in [0.25, 0.3) is 0 Å². The molecule has 2 atom stereocenters. The molecule has 2 aliphatic rings. The van der Waals surface area contributed by atoms with Crippen LogP contribution in [0.3, 0.4) is 0 Å². The number of aromatic amines is 1. The van der Waals surface area contributed by atoms with Crippen LogP contribution in [-0.2, 0) is 15.7 Å². The summed E-state index contributed by atoms with van der Waals surface area (Å²) in [6.07, 6.45) is -0.143. The highest BCUT2D eigenvalue weighted by Crippen LogP contribution is 2.37. The van der Waals surface area contributed by atoms with E-state index in [1.165, 1.54) is 6.07 Å². The Morgan fingerprint density at radius 3 is 2.64 bits per heavy atom. The van der Waals surface area contributed by atoms with Crippen molar-refractivity contribution in [2.75, 3.05) is 26.4 Å². The average Bonchev–Trinajstić information content (AvgIpc) is 3.46. The Morgan fingerprint density at radius 1 is 1.11 bits per heavy atom. The van der Waals surface area contributed by atoms with Gasteiger partial charge in [0, 0.05) is 48.2 Å². The third-order valence-corrected chi connectivity index (χ3v) is 5.50. The van der Waals surface area contributed by atoms with Crippen LogP contribution in [0, 0.1) is 0 Å². The van der Waals surface area contributed by atoms with E-state index in [0.717, 1.165) is 24.7 Å². The molecule has 3 aromatic rings. The van der Waals surface area contributed by atoms with Gasteiger partial charge in [-0.15, -0.1) is 0 Å². The van der Waals surface area contributed by atoms with Crippen LogP contribution < -0.4 is 0 Å². The van der Waals surface area contributed by atoms with Gasteiger partial charge in [-0.1, -0.05) is 0 Å². The first-order chi connectivity index (χ1) is 13.5. The van der Waals surface area contributed by atoms with Crippen LogP contribution in [0.15, 0.2) is 24.5 Å². The predicted octanol–water partition coefficient (Wildman–Crippen LogP) is 3.91. The summed E-state index contributed by atoms with van der Waals surface area (Å²) in [5, 5.41) is 4.79. The number of hydrogen-bond acceptors (Lipinski definition) is 4. The Kier molecular flexibility index (Phi) is 4.17. The van der Waals surface area contributed by atoms with E-state index in [0.29, 0.717) is 37.7 Å². The number of nitrogens with one attached hydrogen (secondary N) is 1. The summed E-state index contributed by atoms with van der Waals surface area (Å²) in [5.74, 6) is 0.233. The molecule has 5 heterocycles. The molecule has 148 valence electrons. The summed E-state index contributed by atoms with van der Waals surface area (Å²) < 4.78 is 52.8. The van der Waals surface area contributed by atoms with Crippen LogP contribution in [0.5, 0.6) is 0 Å². The smallest absolute Gasteiger partial charge is 0.381 e. The molecule has 0 saturated carbocycles. The second-order valence-electron chi connectivity index (χ2n) is 7.30. The number of alkyl halides is 3. The average molecular weight is 392 g/mol. The van der Waals surface area contributed by atoms with E-state index in [2.05, 4.69) is 9.97 Å². The van der Waals surface area contributed by atoms with Gasteiger partial charge in [-0.3, -0.25) is 4.68 Å². The van der Waals surface area contributed by atoms with Crippen LogP contribution in [0.25, 0.3) is 22.3 Å². The summed E-state index contributed by atoms with van der Waals surface area (Å²) >= 11 is 0. The fourth-order valence-corrected chi connectivity index (χ4v) is 4.01. The summed E-state index contributed by atoms with van der Waals surface area (Å²) in [7, 11) is 0. The third-order valence-electron chi connectivity index (χ3n) is 5.50. The molecule has 0 aliphatic carbocycles. The van der Waals surface area contributed by atoms with Crippen molar-refractivity contribution in [2.24, 2.45) is 0 Å². The summed E-state index contributed by atoms with van der Waals surface area (Å²) in [6.45, 7) is 2.62. The van der Waals surface area contributed by atoms with E-state index in [-0.39, 0.29) is 23.0 Å². The monoisotopic (exact) mass is 392 g/mol. The zero-order valence-corrected chi connectivity index (χ0v) is 15.0. The number of pyridine rings is 1. The molecule has 3 aromatic heterocycles. The van der Waals surface area contributed by atoms with Gasteiger partial charge < -0.3 is 14.5 Å². The number of rotatable bonds is 3. The van der Waals surface area contributed by atoms with E-state index >= 15 is 0 Å². The fourth-order valence-electron chi connectivity index (χ4n) is 4.01. The largest absolute Gasteiger partial charge is 0.418 e. The third kappa shape index (κ3) is 2.98. The highest BCUT2D eigenvalue weighted by atomic mass is 19.4.